The summed E-state index contributed by atoms with van der Waals surface area (Å²) >= 11 is 0. The van der Waals surface area contributed by atoms with Gasteiger partial charge in [0.1, 0.15) is 6.04 Å². The Labute approximate surface area is 191 Å². The lowest BCUT2D eigenvalue weighted by atomic mass is 9.93. The van der Waals surface area contributed by atoms with Gasteiger partial charge < -0.3 is 32.5 Å². The molecule has 11 heteroatoms. The Morgan fingerprint density at radius 2 is 1.28 bits per heavy atom. The van der Waals surface area contributed by atoms with E-state index in [1.807, 2.05) is 27.7 Å². The lowest BCUT2D eigenvalue weighted by molar-refractivity contribution is -0.133. The molecular weight excluding hydrogens is 418 g/mol. The first-order valence-electron chi connectivity index (χ1n) is 10.7. The van der Waals surface area contributed by atoms with Gasteiger partial charge in [0.05, 0.1) is 19.1 Å². The predicted octanol–water partition coefficient (Wildman–Crippen LogP) is -0.798. The summed E-state index contributed by atoms with van der Waals surface area (Å²) in [5.41, 5.74) is 9.82. The van der Waals surface area contributed by atoms with E-state index in [0.29, 0.717) is 12.8 Å². The van der Waals surface area contributed by atoms with Crippen LogP contribution in [-0.4, -0.2) is 66.8 Å². The van der Waals surface area contributed by atoms with Crippen LogP contribution in [0.2, 0.25) is 0 Å². The summed E-state index contributed by atoms with van der Waals surface area (Å²) in [5, 5.41) is 14.7. The van der Waals surface area contributed by atoms with Crippen LogP contribution in [0.4, 0.5) is 0 Å². The van der Waals surface area contributed by atoms with E-state index in [0.717, 1.165) is 13.5 Å². The third-order valence-electron chi connectivity index (χ3n) is 4.74. The topological polar surface area (TPSA) is 194 Å². The van der Waals surface area contributed by atoms with E-state index in [4.69, 9.17) is 10.8 Å². The number of ketones is 1. The van der Waals surface area contributed by atoms with Gasteiger partial charge in [-0.3, -0.25) is 24.0 Å². The van der Waals surface area contributed by atoms with Crippen LogP contribution in [0.5, 0.6) is 0 Å². The molecule has 4 amide bonds. The van der Waals surface area contributed by atoms with Crippen molar-refractivity contribution in [3.05, 3.63) is 0 Å². The molecule has 0 aromatic rings. The second-order valence-electron chi connectivity index (χ2n) is 7.21. The van der Waals surface area contributed by atoms with E-state index >= 15 is 0 Å². The molecule has 0 aliphatic rings. The Morgan fingerprint density at radius 3 is 1.62 bits per heavy atom. The number of carbonyl (C=O) groups is 5. The fourth-order valence-electron chi connectivity index (χ4n) is 2.30. The zero-order valence-corrected chi connectivity index (χ0v) is 20.5. The highest BCUT2D eigenvalue weighted by Gasteiger charge is 2.30. The van der Waals surface area contributed by atoms with E-state index in [1.165, 1.54) is 6.92 Å². The molecule has 0 spiro atoms. The van der Waals surface area contributed by atoms with Gasteiger partial charge in [0.15, 0.2) is 5.78 Å². The van der Waals surface area contributed by atoms with Gasteiger partial charge in [0.25, 0.3) is 0 Å². The van der Waals surface area contributed by atoms with Crippen molar-refractivity contribution in [2.75, 3.05) is 20.2 Å². The maximum Gasteiger partial charge on any atom is 0.243 e. The van der Waals surface area contributed by atoms with E-state index in [2.05, 4.69) is 21.7 Å². The molecule has 0 saturated carbocycles. The number of nitrogens with one attached hydrogen (secondary N) is 3. The fourth-order valence-corrected chi connectivity index (χ4v) is 2.30. The zero-order chi connectivity index (χ0) is 25.9. The lowest BCUT2D eigenvalue weighted by Crippen LogP contribution is -2.56. The second-order valence-corrected chi connectivity index (χ2v) is 7.21. The third kappa shape index (κ3) is 16.2. The Bertz CT molecular complexity index is 585. The van der Waals surface area contributed by atoms with E-state index in [9.17, 15) is 24.0 Å². The number of primary amides is 1. The molecule has 3 unspecified atom stereocenters. The SMILES string of the molecule is CCC(C)C(NC(=O)CNC(=O)CN)C(=O)NC(C(C)=O)[C@@H](C)CC.CCC(N)=O.CO. The second kappa shape index (κ2) is 20.4. The maximum atomic E-state index is 12.6. The van der Waals surface area contributed by atoms with Crippen molar-refractivity contribution >= 4 is 29.4 Å². The molecule has 0 radical (unpaired) electrons. The molecule has 0 saturated heterocycles. The number of hydrogen-bond donors (Lipinski definition) is 6. The molecule has 0 bridgehead atoms. The van der Waals surface area contributed by atoms with Crippen LogP contribution < -0.4 is 27.4 Å². The molecule has 188 valence electrons. The Balaban J connectivity index is -0.00000105. The Kier molecular flexibility index (Phi) is 21.7. The molecule has 0 heterocycles. The summed E-state index contributed by atoms with van der Waals surface area (Å²) < 4.78 is 0. The minimum absolute atomic E-state index is 0.00132. The van der Waals surface area contributed by atoms with Crippen LogP contribution in [0, 0.1) is 11.8 Å². The van der Waals surface area contributed by atoms with Crippen molar-refractivity contribution in [1.29, 1.82) is 0 Å². The number of amides is 4. The first kappa shape index (κ1) is 34.1. The summed E-state index contributed by atoms with van der Waals surface area (Å²) in [6.45, 7) is 10.3. The third-order valence-corrected chi connectivity index (χ3v) is 4.74. The van der Waals surface area contributed by atoms with Gasteiger partial charge in [0.2, 0.25) is 23.6 Å². The van der Waals surface area contributed by atoms with Gasteiger partial charge in [0, 0.05) is 13.5 Å². The van der Waals surface area contributed by atoms with Crippen molar-refractivity contribution < 1.29 is 29.1 Å². The number of aliphatic hydroxyl groups excluding tert-OH is 1. The van der Waals surface area contributed by atoms with Crippen LogP contribution in [0.25, 0.3) is 0 Å². The maximum absolute atomic E-state index is 12.6. The first-order chi connectivity index (χ1) is 14.9. The number of hydrogen-bond acceptors (Lipinski definition) is 7. The van der Waals surface area contributed by atoms with Crippen LogP contribution in [0.15, 0.2) is 0 Å². The quantitative estimate of drug-likeness (QED) is 0.219. The number of Topliss-reactive ketones (excluding diaryl/α,β-unsaturated/α-hetero) is 1. The van der Waals surface area contributed by atoms with Crippen LogP contribution >= 0.6 is 0 Å². The molecule has 0 fully saturated rings. The number of aliphatic hydroxyl groups is 1. The van der Waals surface area contributed by atoms with E-state index in [1.54, 1.807) is 6.92 Å². The average Bonchev–Trinajstić information content (AvgIpc) is 2.79. The fraction of sp³-hybridized carbons (Fsp3) is 0.762. The average molecular weight is 462 g/mol. The van der Waals surface area contributed by atoms with Crippen molar-refractivity contribution in [3.8, 4) is 0 Å². The molecule has 8 N–H and O–H groups in total. The van der Waals surface area contributed by atoms with Gasteiger partial charge in [-0.1, -0.05) is 47.5 Å². The predicted molar refractivity (Wildman–Crippen MR) is 123 cm³/mol. The molecule has 0 aliphatic heterocycles. The molecule has 0 aromatic carbocycles. The lowest BCUT2D eigenvalue weighted by Gasteiger charge is -2.28. The minimum atomic E-state index is -0.779. The summed E-state index contributed by atoms with van der Waals surface area (Å²) in [6, 6.07) is -1.36. The van der Waals surface area contributed by atoms with Gasteiger partial charge in [-0.15, -0.1) is 0 Å². The summed E-state index contributed by atoms with van der Waals surface area (Å²) in [4.78, 5) is 57.1. The smallest absolute Gasteiger partial charge is 0.243 e. The molecular formula is C21H43N5O6. The van der Waals surface area contributed by atoms with Crippen LogP contribution in [0.1, 0.15) is 60.8 Å². The molecule has 0 aliphatic carbocycles. The van der Waals surface area contributed by atoms with Crippen molar-refractivity contribution in [2.24, 2.45) is 23.3 Å². The summed E-state index contributed by atoms with van der Waals surface area (Å²) in [5.74, 6) is -1.82. The molecule has 0 rings (SSSR count). The summed E-state index contributed by atoms with van der Waals surface area (Å²) in [6.07, 6.45) is 1.86. The number of nitrogens with two attached hydrogens (primary N) is 2. The first-order valence-corrected chi connectivity index (χ1v) is 10.7. The molecule has 4 atom stereocenters. The highest BCUT2D eigenvalue weighted by atomic mass is 16.2. The van der Waals surface area contributed by atoms with E-state index < -0.39 is 29.8 Å². The minimum Gasteiger partial charge on any atom is -0.400 e. The number of carbonyl (C=O) groups excluding carboxylic acids is 5. The molecule has 32 heavy (non-hydrogen) atoms. The van der Waals surface area contributed by atoms with Crippen LogP contribution in [-0.2, 0) is 24.0 Å². The van der Waals surface area contributed by atoms with Gasteiger partial charge in [-0.2, -0.15) is 0 Å². The van der Waals surface area contributed by atoms with Gasteiger partial charge >= 0.3 is 0 Å². The van der Waals surface area contributed by atoms with Gasteiger partial charge in [-0.25, -0.2) is 0 Å². The normalized spacial score (nSPS) is 13.4. The Hall–Kier alpha value is -2.53. The molecule has 0 aromatic heterocycles. The number of rotatable bonds is 12. The van der Waals surface area contributed by atoms with Gasteiger partial charge in [-0.05, 0) is 18.8 Å². The zero-order valence-electron chi connectivity index (χ0n) is 20.5. The largest absolute Gasteiger partial charge is 0.400 e. The molecule has 11 nitrogen and oxygen atoms in total. The standard InChI is InChI=1S/C17H32N4O4.C3H7NO.CH4O/c1-6-10(3)15(12(5)22)21-17(25)16(11(4)7-2)20-14(24)9-19-13(23)8-18;1-2-3(4)5;1-2/h10-11,15-16H,6-9,18H2,1-5H3,(H,19,23)(H,20,24)(H,21,25);2H2,1H3,(H2,4,5);2H,1H3/t10-,11?,15?,16?;;/m0../s1. The van der Waals surface area contributed by atoms with E-state index in [-0.39, 0.29) is 36.6 Å². The highest BCUT2D eigenvalue weighted by Crippen LogP contribution is 2.12. The van der Waals surface area contributed by atoms with Crippen molar-refractivity contribution in [2.45, 2.75) is 72.9 Å². The van der Waals surface area contributed by atoms with Crippen molar-refractivity contribution in [1.82, 2.24) is 16.0 Å². The Morgan fingerprint density at radius 1 is 0.844 bits per heavy atom. The summed E-state index contributed by atoms with van der Waals surface area (Å²) in [7, 11) is 1.00. The highest BCUT2D eigenvalue weighted by molar-refractivity contribution is 5.93. The van der Waals surface area contributed by atoms with Crippen molar-refractivity contribution in [3.63, 3.8) is 0 Å². The van der Waals surface area contributed by atoms with Crippen LogP contribution in [0.3, 0.4) is 0 Å². The monoisotopic (exact) mass is 461 g/mol.